The van der Waals surface area contributed by atoms with Crippen LogP contribution in [0.2, 0.25) is 5.02 Å². The fourth-order valence-electron chi connectivity index (χ4n) is 2.30. The summed E-state index contributed by atoms with van der Waals surface area (Å²) in [6.07, 6.45) is 2.52. The Bertz CT molecular complexity index is 598. The second kappa shape index (κ2) is 4.44. The van der Waals surface area contributed by atoms with Gasteiger partial charge in [0.25, 0.3) is 0 Å². The van der Waals surface area contributed by atoms with Gasteiger partial charge in [0.05, 0.1) is 23.7 Å². The van der Waals surface area contributed by atoms with E-state index in [9.17, 15) is 0 Å². The van der Waals surface area contributed by atoms with E-state index in [-0.39, 0.29) is 6.10 Å². The molecule has 2 aromatic rings. The molecule has 1 fully saturated rings. The van der Waals surface area contributed by atoms with Gasteiger partial charge in [-0.05, 0) is 43.3 Å². The van der Waals surface area contributed by atoms with E-state index in [0.717, 1.165) is 46.8 Å². The monoisotopic (exact) mass is 268 g/mol. The number of benzene rings is 1. The quantitative estimate of drug-likeness (QED) is 0.845. The first-order chi connectivity index (χ1) is 8.24. The van der Waals surface area contributed by atoms with E-state index in [0.29, 0.717) is 0 Å². The third-order valence-electron chi connectivity index (χ3n) is 3.15. The minimum atomic E-state index is 0.277. The van der Waals surface area contributed by atoms with Crippen LogP contribution >= 0.6 is 23.8 Å². The van der Waals surface area contributed by atoms with Crippen LogP contribution in [0.3, 0.4) is 0 Å². The van der Waals surface area contributed by atoms with Crippen molar-refractivity contribution in [3.8, 4) is 0 Å². The number of hydrogen-bond donors (Lipinski definition) is 1. The van der Waals surface area contributed by atoms with Crippen molar-refractivity contribution in [2.45, 2.75) is 25.5 Å². The van der Waals surface area contributed by atoms with E-state index < -0.39 is 0 Å². The first-order valence-electron chi connectivity index (χ1n) is 5.74. The van der Waals surface area contributed by atoms with Crippen molar-refractivity contribution in [1.29, 1.82) is 0 Å². The summed E-state index contributed by atoms with van der Waals surface area (Å²) < 4.78 is 8.46. The fraction of sp³-hybridized carbons (Fsp3) is 0.417. The minimum absolute atomic E-state index is 0.277. The average Bonchev–Trinajstić information content (AvgIpc) is 2.90. The number of halogens is 1. The number of nitrogens with one attached hydrogen (secondary N) is 1. The Kier molecular flexibility index (Phi) is 2.94. The zero-order valence-electron chi connectivity index (χ0n) is 9.28. The Hall–Kier alpha value is -0.840. The van der Waals surface area contributed by atoms with Crippen molar-refractivity contribution >= 4 is 34.9 Å². The molecule has 1 aliphatic rings. The SMILES string of the molecule is S=c1[nH]c2ccc(Cl)cc2n1CC1CCCO1. The second-order valence-electron chi connectivity index (χ2n) is 4.34. The lowest BCUT2D eigenvalue weighted by molar-refractivity contribution is 0.0976. The van der Waals surface area contributed by atoms with Gasteiger partial charge in [0.1, 0.15) is 0 Å². The van der Waals surface area contributed by atoms with E-state index in [1.165, 1.54) is 0 Å². The first kappa shape index (κ1) is 11.3. The van der Waals surface area contributed by atoms with Crippen LogP contribution in [0.5, 0.6) is 0 Å². The van der Waals surface area contributed by atoms with Crippen molar-refractivity contribution in [2.75, 3.05) is 6.61 Å². The highest BCUT2D eigenvalue weighted by Gasteiger charge is 2.17. The Morgan fingerprint density at radius 3 is 3.18 bits per heavy atom. The molecule has 1 aromatic heterocycles. The van der Waals surface area contributed by atoms with Gasteiger partial charge in [-0.15, -0.1) is 0 Å². The normalized spacial score (nSPS) is 20.2. The number of ether oxygens (including phenoxy) is 1. The summed E-state index contributed by atoms with van der Waals surface area (Å²) in [5.74, 6) is 0. The Balaban J connectivity index is 2.04. The number of aromatic nitrogens is 2. The third-order valence-corrected chi connectivity index (χ3v) is 3.71. The van der Waals surface area contributed by atoms with Crippen molar-refractivity contribution in [3.05, 3.63) is 28.0 Å². The molecule has 1 atom stereocenters. The molecule has 0 saturated carbocycles. The van der Waals surface area contributed by atoms with Crippen LogP contribution < -0.4 is 0 Å². The van der Waals surface area contributed by atoms with Crippen LogP contribution in [0.1, 0.15) is 12.8 Å². The van der Waals surface area contributed by atoms with E-state index >= 15 is 0 Å². The van der Waals surface area contributed by atoms with Crippen molar-refractivity contribution < 1.29 is 4.74 Å². The molecule has 1 aromatic carbocycles. The number of nitrogens with zero attached hydrogens (tertiary/aromatic N) is 1. The molecular formula is C12H13ClN2OS. The Morgan fingerprint density at radius 2 is 2.41 bits per heavy atom. The highest BCUT2D eigenvalue weighted by atomic mass is 35.5. The highest BCUT2D eigenvalue weighted by Crippen LogP contribution is 2.22. The third kappa shape index (κ3) is 2.12. The van der Waals surface area contributed by atoms with Gasteiger partial charge in [-0.3, -0.25) is 0 Å². The fourth-order valence-corrected chi connectivity index (χ4v) is 2.75. The average molecular weight is 269 g/mol. The van der Waals surface area contributed by atoms with Gasteiger partial charge in [-0.2, -0.15) is 0 Å². The standard InChI is InChI=1S/C12H13ClN2OS/c13-8-3-4-10-11(6-8)15(12(17)14-10)7-9-2-1-5-16-9/h3-4,6,9H,1-2,5,7H2,(H,14,17). The summed E-state index contributed by atoms with van der Waals surface area (Å²) in [5, 5.41) is 0.729. The molecule has 17 heavy (non-hydrogen) atoms. The number of fused-ring (bicyclic) bond motifs is 1. The highest BCUT2D eigenvalue weighted by molar-refractivity contribution is 7.71. The van der Waals surface area contributed by atoms with Gasteiger partial charge < -0.3 is 14.3 Å². The van der Waals surface area contributed by atoms with E-state index in [2.05, 4.69) is 9.55 Å². The van der Waals surface area contributed by atoms with E-state index in [1.807, 2.05) is 18.2 Å². The van der Waals surface area contributed by atoms with Crippen LogP contribution in [-0.4, -0.2) is 22.3 Å². The second-order valence-corrected chi connectivity index (χ2v) is 5.16. The number of H-pyrrole nitrogens is 1. The van der Waals surface area contributed by atoms with Crippen LogP contribution in [0.15, 0.2) is 18.2 Å². The molecule has 1 aliphatic heterocycles. The van der Waals surface area contributed by atoms with E-state index in [4.69, 9.17) is 28.6 Å². The van der Waals surface area contributed by atoms with Gasteiger partial charge >= 0.3 is 0 Å². The molecule has 1 N–H and O–H groups in total. The number of rotatable bonds is 2. The molecule has 5 heteroatoms. The van der Waals surface area contributed by atoms with Gasteiger partial charge in [0, 0.05) is 11.6 Å². The summed E-state index contributed by atoms with van der Waals surface area (Å²) in [4.78, 5) is 3.19. The molecule has 3 nitrogen and oxygen atoms in total. The van der Waals surface area contributed by atoms with Crippen LogP contribution in [-0.2, 0) is 11.3 Å². The number of hydrogen-bond acceptors (Lipinski definition) is 2. The summed E-state index contributed by atoms with van der Waals surface area (Å²) >= 11 is 11.4. The van der Waals surface area contributed by atoms with E-state index in [1.54, 1.807) is 0 Å². The smallest absolute Gasteiger partial charge is 0.178 e. The molecule has 0 aliphatic carbocycles. The lowest BCUT2D eigenvalue weighted by Gasteiger charge is -2.11. The zero-order chi connectivity index (χ0) is 11.8. The largest absolute Gasteiger partial charge is 0.376 e. The molecule has 0 bridgehead atoms. The van der Waals surface area contributed by atoms with Crippen LogP contribution in [0.25, 0.3) is 11.0 Å². The summed E-state index contributed by atoms with van der Waals surface area (Å²) in [6, 6.07) is 5.77. The lowest BCUT2D eigenvalue weighted by Crippen LogP contribution is -2.14. The first-order valence-corrected chi connectivity index (χ1v) is 6.52. The van der Waals surface area contributed by atoms with Crippen LogP contribution in [0.4, 0.5) is 0 Å². The maximum absolute atomic E-state index is 6.02. The molecule has 3 rings (SSSR count). The summed E-state index contributed by atoms with van der Waals surface area (Å²) in [5.41, 5.74) is 2.08. The lowest BCUT2D eigenvalue weighted by atomic mass is 10.2. The topological polar surface area (TPSA) is 29.9 Å². The predicted molar refractivity (Wildman–Crippen MR) is 71.1 cm³/mol. The van der Waals surface area contributed by atoms with Gasteiger partial charge in [-0.25, -0.2) is 0 Å². The summed E-state index contributed by atoms with van der Waals surface area (Å²) in [7, 11) is 0. The van der Waals surface area contributed by atoms with Crippen molar-refractivity contribution in [2.24, 2.45) is 0 Å². The maximum atomic E-state index is 6.02. The molecule has 1 unspecified atom stereocenters. The molecule has 90 valence electrons. The zero-order valence-corrected chi connectivity index (χ0v) is 10.9. The number of aromatic amines is 1. The maximum Gasteiger partial charge on any atom is 0.178 e. The van der Waals surface area contributed by atoms with Crippen molar-refractivity contribution in [3.63, 3.8) is 0 Å². The molecule has 0 spiro atoms. The van der Waals surface area contributed by atoms with Gasteiger partial charge in [0.2, 0.25) is 0 Å². The number of imidazole rings is 1. The molecule has 0 radical (unpaired) electrons. The van der Waals surface area contributed by atoms with Gasteiger partial charge in [0.15, 0.2) is 4.77 Å². The predicted octanol–water partition coefficient (Wildman–Crippen LogP) is 3.53. The Labute approximate surface area is 109 Å². The van der Waals surface area contributed by atoms with Crippen molar-refractivity contribution in [1.82, 2.24) is 9.55 Å². The van der Waals surface area contributed by atoms with Gasteiger partial charge in [-0.1, -0.05) is 11.6 Å². The molecule has 2 heterocycles. The molecule has 0 amide bonds. The minimum Gasteiger partial charge on any atom is -0.376 e. The molecular weight excluding hydrogens is 256 g/mol. The molecule has 1 saturated heterocycles. The van der Waals surface area contributed by atoms with Crippen LogP contribution in [0, 0.1) is 4.77 Å². The Morgan fingerprint density at radius 1 is 1.53 bits per heavy atom. The summed E-state index contributed by atoms with van der Waals surface area (Å²) in [6.45, 7) is 1.67.